The number of alkyl halides is 3. The molecule has 0 amide bonds. The first-order valence-electron chi connectivity index (χ1n) is 13.1. The number of hydrogen-bond acceptors (Lipinski definition) is 10. The molecule has 0 bridgehead atoms. The van der Waals surface area contributed by atoms with Gasteiger partial charge in [0.25, 0.3) is 0 Å². The molecule has 0 aliphatic carbocycles. The number of aliphatic hydroxyl groups is 1. The van der Waals surface area contributed by atoms with E-state index in [4.69, 9.17) is 63.8 Å². The number of aliphatic hydroxyl groups excluding tert-OH is 1. The van der Waals surface area contributed by atoms with E-state index in [0.717, 1.165) is 13.8 Å². The molecule has 5 atom stereocenters. The molecule has 1 saturated heterocycles. The first-order chi connectivity index (χ1) is 21.0. The summed E-state index contributed by atoms with van der Waals surface area (Å²) in [5.74, 6) is -2.47. The van der Waals surface area contributed by atoms with Gasteiger partial charge in [0.2, 0.25) is 0 Å². The summed E-state index contributed by atoms with van der Waals surface area (Å²) in [5, 5.41) is 19.5. The van der Waals surface area contributed by atoms with Crippen molar-refractivity contribution in [3.8, 4) is 0 Å². The van der Waals surface area contributed by atoms with Gasteiger partial charge in [-0.2, -0.15) is 0 Å². The Hall–Kier alpha value is -3.54. The van der Waals surface area contributed by atoms with E-state index >= 15 is 0 Å². The molecule has 15 heteroatoms. The number of benzene rings is 3. The molecule has 0 saturated carbocycles. The van der Waals surface area contributed by atoms with Gasteiger partial charge in [-0.15, -0.1) is 0 Å². The number of halogens is 3. The molecule has 1 heterocycles. The first kappa shape index (κ1) is 33.4. The number of carbonyl (C=O) groups excluding carboxylic acids is 3. The van der Waals surface area contributed by atoms with Crippen LogP contribution >= 0.6 is 34.8 Å². The molecular weight excluding hydrogens is 634 g/mol. The second kappa shape index (κ2) is 15.5. The molecule has 10 nitrogen and oxygen atoms in total. The summed E-state index contributed by atoms with van der Waals surface area (Å²) in [6.07, 6.45) is -7.74. The molecule has 4 rings (SSSR count). The Bertz CT molecular complexity index is 1480. The summed E-state index contributed by atoms with van der Waals surface area (Å²) < 4.78 is 25.7. The molecule has 1 aliphatic heterocycles. The van der Waals surface area contributed by atoms with Crippen molar-refractivity contribution in [2.45, 2.75) is 34.5 Å². The van der Waals surface area contributed by atoms with Crippen molar-refractivity contribution < 1.29 is 43.1 Å². The van der Waals surface area contributed by atoms with Crippen LogP contribution in [-0.4, -0.2) is 83.5 Å². The Morgan fingerprint density at radius 1 is 0.795 bits per heavy atom. The van der Waals surface area contributed by atoms with Gasteiger partial charge in [-0.1, -0.05) is 0 Å². The van der Waals surface area contributed by atoms with E-state index in [9.17, 15) is 19.5 Å². The molecule has 226 valence electrons. The minimum atomic E-state index is -2.33. The number of hydrogen-bond donors (Lipinski definition) is 2. The molecule has 3 aromatic carbocycles. The molecule has 0 radical (unpaired) electrons. The van der Waals surface area contributed by atoms with E-state index in [1.807, 2.05) is 0 Å². The number of ether oxygens (including phenoxy) is 4. The van der Waals surface area contributed by atoms with Crippen LogP contribution in [0.15, 0.2) is 91.0 Å². The summed E-state index contributed by atoms with van der Waals surface area (Å²) in [6.45, 7) is 0.636. The van der Waals surface area contributed by atoms with Gasteiger partial charge in [0, 0.05) is 0 Å². The van der Waals surface area contributed by atoms with Crippen LogP contribution in [-0.2, 0) is 23.6 Å². The zero-order valence-electron chi connectivity index (χ0n) is 22.8. The fraction of sp³-hybridized carbons (Fsp3) is 0.241. The van der Waals surface area contributed by atoms with Gasteiger partial charge in [0.05, 0.1) is 0 Å². The van der Waals surface area contributed by atoms with Gasteiger partial charge in [-0.3, -0.25) is 0 Å². The molecule has 1 aliphatic rings. The van der Waals surface area contributed by atoms with Crippen LogP contribution in [0.3, 0.4) is 0 Å². The average molecular weight is 658 g/mol. The normalized spacial score (nSPS) is 21.3. The molecule has 44 heavy (non-hydrogen) atoms. The molecule has 1 fully saturated rings. The first-order valence-corrected chi connectivity index (χ1v) is 14.2. The summed E-state index contributed by atoms with van der Waals surface area (Å²) in [5.41, 5.74) is 0.373. The van der Waals surface area contributed by atoms with Crippen LogP contribution < -0.4 is 0 Å². The molecule has 0 aromatic heterocycles. The van der Waals surface area contributed by atoms with E-state index in [-0.39, 0.29) is 11.1 Å². The Balaban J connectivity index is 1.61. The topological polar surface area (TPSA) is 141 Å². The van der Waals surface area contributed by atoms with Gasteiger partial charge >= 0.3 is 269 Å². The second-order valence-corrected chi connectivity index (χ2v) is 11.6. The average Bonchev–Trinajstić information content (AvgIpc) is 3.03. The van der Waals surface area contributed by atoms with Crippen LogP contribution in [0.5, 0.6) is 0 Å². The molecular formula is C29H24B2Cl3NO9. The maximum absolute atomic E-state index is 13.0. The third-order valence-corrected chi connectivity index (χ3v) is 6.78. The number of carbonyl (C=O) groups is 3. The number of esters is 2. The number of nitrogens with one attached hydrogen (secondary N) is 1. The zero-order chi connectivity index (χ0) is 31.7. The summed E-state index contributed by atoms with van der Waals surface area (Å²) in [4.78, 5) is 38.2. The quantitative estimate of drug-likeness (QED) is 0.109. The van der Waals surface area contributed by atoms with Crippen LogP contribution in [0.2, 0.25) is 0 Å². The summed E-state index contributed by atoms with van der Waals surface area (Å²) >= 11 is 17.4. The van der Waals surface area contributed by atoms with Crippen LogP contribution in [0.1, 0.15) is 31.1 Å². The fourth-order valence-electron chi connectivity index (χ4n) is 4.07. The van der Waals surface area contributed by atoms with E-state index in [2.05, 4.69) is 0 Å². The van der Waals surface area contributed by atoms with Crippen LogP contribution in [0.4, 0.5) is 0 Å². The van der Waals surface area contributed by atoms with E-state index in [0.29, 0.717) is 5.56 Å². The van der Waals surface area contributed by atoms with E-state index in [1.54, 1.807) is 66.7 Å². The zero-order valence-corrected chi connectivity index (χ0v) is 25.0. The van der Waals surface area contributed by atoms with Crippen molar-refractivity contribution in [2.24, 2.45) is 0 Å². The van der Waals surface area contributed by atoms with E-state index < -0.39 is 64.6 Å². The molecule has 2 N–H and O–H groups in total. The van der Waals surface area contributed by atoms with Gasteiger partial charge in [-0.25, -0.2) is 0 Å². The van der Waals surface area contributed by atoms with Gasteiger partial charge in [-0.05, 0) is 0 Å². The van der Waals surface area contributed by atoms with Crippen molar-refractivity contribution in [3.63, 3.8) is 0 Å². The predicted octanol–water partition coefficient (Wildman–Crippen LogP) is 3.98. The van der Waals surface area contributed by atoms with Gasteiger partial charge < -0.3 is 0 Å². The van der Waals surface area contributed by atoms with Crippen molar-refractivity contribution in [3.05, 3.63) is 108 Å². The number of rotatable bonds is 10. The Morgan fingerprint density at radius 2 is 1.32 bits per heavy atom. The monoisotopic (exact) mass is 657 g/mol. The molecule has 3 aromatic rings. The summed E-state index contributed by atoms with van der Waals surface area (Å²) in [7, 11) is 1.04. The summed E-state index contributed by atoms with van der Waals surface area (Å²) in [6, 6.07) is 24.3. The molecule has 0 spiro atoms. The Labute approximate surface area is 268 Å². The van der Waals surface area contributed by atoms with Gasteiger partial charge in [0.1, 0.15) is 0 Å². The van der Waals surface area contributed by atoms with Crippen molar-refractivity contribution >= 4 is 72.1 Å². The second-order valence-electron chi connectivity index (χ2n) is 9.31. The fourth-order valence-corrected chi connectivity index (χ4v) is 4.21. The van der Waals surface area contributed by atoms with E-state index in [1.165, 1.54) is 24.3 Å². The Morgan fingerprint density at radius 3 is 1.86 bits per heavy atom. The SMILES string of the molecule is N=C(O[C@H]1OC(COC(=O)c2ccccc2)[C@@H](OB=BC(=O)c2ccccc2)C(O)[C@H]1OC(=O)c1ccccc1)C(Cl)(Cl)Cl. The third-order valence-electron chi connectivity index (χ3n) is 6.26. The van der Waals surface area contributed by atoms with Crippen molar-refractivity contribution in [2.75, 3.05) is 6.61 Å². The van der Waals surface area contributed by atoms with Crippen LogP contribution in [0.25, 0.3) is 0 Å². The standard InChI is InChI=1S/C29H24B2Cl3NO9/c32-29(33,34)28(35)43-27-23(42-26(39)19-14-8-3-9-15-19)21(36)22(44-31-30-24(37)17-10-4-1-5-11-17)20(41-27)16-40-25(38)18-12-6-2-7-13-18/h1-15,20-23,27,35-36H,16H2/t20?,21?,22-,23-,27-/m1/s1. The third kappa shape index (κ3) is 8.99. The molecule has 2 unspecified atom stereocenters. The van der Waals surface area contributed by atoms with Gasteiger partial charge in [0.15, 0.2) is 0 Å². The van der Waals surface area contributed by atoms with Crippen molar-refractivity contribution in [1.29, 1.82) is 5.41 Å². The Kier molecular flexibility index (Phi) is 11.7. The van der Waals surface area contributed by atoms with Crippen LogP contribution in [0, 0.1) is 5.41 Å². The van der Waals surface area contributed by atoms with Crippen molar-refractivity contribution in [1.82, 2.24) is 0 Å². The predicted molar refractivity (Wildman–Crippen MR) is 163 cm³/mol. The minimum absolute atomic E-state index is 0.139. The maximum atomic E-state index is 13.0.